The molecule has 1 rings (SSSR count). The molecule has 0 spiro atoms. The Morgan fingerprint density at radius 1 is 1.50 bits per heavy atom. The summed E-state index contributed by atoms with van der Waals surface area (Å²) in [5.41, 5.74) is 0. The van der Waals surface area contributed by atoms with Crippen molar-refractivity contribution in [2.75, 3.05) is 6.61 Å². The summed E-state index contributed by atoms with van der Waals surface area (Å²) in [6.45, 7) is 8.14. The fraction of sp³-hybridized carbons (Fsp3) is 0.667. The summed E-state index contributed by atoms with van der Waals surface area (Å²) in [7, 11) is -0.994. The molecule has 0 unspecified atom stereocenters. The Balaban J connectivity index is 2.16. The third-order valence-electron chi connectivity index (χ3n) is 1.84. The van der Waals surface area contributed by atoms with E-state index in [1.807, 2.05) is 0 Å². The lowest BCUT2D eigenvalue weighted by Crippen LogP contribution is -2.22. The maximum atomic E-state index is 9.01. The van der Waals surface area contributed by atoms with E-state index in [2.05, 4.69) is 24.7 Å². The second-order valence-corrected chi connectivity index (χ2v) is 10.2. The van der Waals surface area contributed by atoms with Gasteiger partial charge in [0.2, 0.25) is 0 Å². The summed E-state index contributed by atoms with van der Waals surface area (Å²) in [5, 5.41) is 12.9. The normalized spacial score (nSPS) is 11.9. The van der Waals surface area contributed by atoms with Crippen molar-refractivity contribution >= 4 is 8.07 Å². The lowest BCUT2D eigenvalue weighted by Gasteiger charge is -2.15. The maximum absolute atomic E-state index is 9.01. The molecular weight excluding hydrogens is 196 g/mol. The molecule has 1 N–H and O–H groups in total. The second-order valence-electron chi connectivity index (χ2n) is 4.59. The molecule has 0 aliphatic heterocycles. The van der Waals surface area contributed by atoms with E-state index >= 15 is 0 Å². The molecule has 0 aliphatic rings. The van der Waals surface area contributed by atoms with Gasteiger partial charge in [0.05, 0.1) is 12.4 Å². The monoisotopic (exact) mass is 214 g/mol. The van der Waals surface area contributed by atoms with Crippen LogP contribution in [0.5, 0.6) is 5.75 Å². The second kappa shape index (κ2) is 4.61. The molecule has 0 aromatic carbocycles. The van der Waals surface area contributed by atoms with Gasteiger partial charge in [-0.2, -0.15) is 5.10 Å². The summed E-state index contributed by atoms with van der Waals surface area (Å²) in [6, 6.07) is 1.15. The van der Waals surface area contributed by atoms with E-state index in [0.29, 0.717) is 6.73 Å². The predicted octanol–water partition coefficient (Wildman–Crippen LogP) is 1.90. The zero-order valence-corrected chi connectivity index (χ0v) is 10.0. The molecule has 1 aromatic rings. The molecule has 0 radical (unpaired) electrons. The summed E-state index contributed by atoms with van der Waals surface area (Å²) in [5.74, 6) is 0.179. The largest absolute Gasteiger partial charge is 0.505 e. The third-order valence-corrected chi connectivity index (χ3v) is 3.54. The Bertz CT molecular complexity index is 281. The van der Waals surface area contributed by atoms with E-state index in [4.69, 9.17) is 9.84 Å². The van der Waals surface area contributed by atoms with Crippen molar-refractivity contribution in [3.05, 3.63) is 12.4 Å². The van der Waals surface area contributed by atoms with Crippen LogP contribution < -0.4 is 0 Å². The van der Waals surface area contributed by atoms with Crippen LogP contribution in [-0.4, -0.2) is 29.6 Å². The van der Waals surface area contributed by atoms with Crippen LogP contribution in [0.3, 0.4) is 0 Å². The van der Waals surface area contributed by atoms with Gasteiger partial charge in [0, 0.05) is 14.7 Å². The Kier molecular flexibility index (Phi) is 3.71. The third kappa shape index (κ3) is 4.43. The predicted molar refractivity (Wildman–Crippen MR) is 58.0 cm³/mol. The van der Waals surface area contributed by atoms with Crippen LogP contribution >= 0.6 is 0 Å². The van der Waals surface area contributed by atoms with Gasteiger partial charge in [-0.05, 0) is 6.04 Å². The van der Waals surface area contributed by atoms with Gasteiger partial charge >= 0.3 is 0 Å². The Hall–Kier alpha value is -0.813. The molecule has 5 heteroatoms. The number of hydrogen-bond acceptors (Lipinski definition) is 3. The average molecular weight is 214 g/mol. The van der Waals surface area contributed by atoms with E-state index in [-0.39, 0.29) is 5.75 Å². The van der Waals surface area contributed by atoms with Crippen molar-refractivity contribution in [2.45, 2.75) is 32.4 Å². The van der Waals surface area contributed by atoms with Gasteiger partial charge < -0.3 is 9.84 Å². The number of aromatic nitrogens is 2. The fourth-order valence-electron chi connectivity index (χ4n) is 0.960. The van der Waals surface area contributed by atoms with Crippen LogP contribution in [0.15, 0.2) is 12.4 Å². The summed E-state index contributed by atoms with van der Waals surface area (Å²) in [4.78, 5) is 0. The highest BCUT2D eigenvalue weighted by molar-refractivity contribution is 6.76. The minimum absolute atomic E-state index is 0.179. The van der Waals surface area contributed by atoms with Crippen molar-refractivity contribution in [3.63, 3.8) is 0 Å². The topological polar surface area (TPSA) is 47.3 Å². The molecule has 4 nitrogen and oxygen atoms in total. The zero-order chi connectivity index (χ0) is 10.6. The van der Waals surface area contributed by atoms with Crippen molar-refractivity contribution in [1.82, 2.24) is 9.78 Å². The number of nitrogens with zero attached hydrogens (tertiary/aromatic N) is 2. The van der Waals surface area contributed by atoms with E-state index < -0.39 is 8.07 Å². The summed E-state index contributed by atoms with van der Waals surface area (Å²) >= 11 is 0. The Morgan fingerprint density at radius 2 is 2.21 bits per heavy atom. The lowest BCUT2D eigenvalue weighted by atomic mass is 10.7. The van der Waals surface area contributed by atoms with Crippen LogP contribution in [0.1, 0.15) is 0 Å². The molecule has 0 bridgehead atoms. The van der Waals surface area contributed by atoms with Crippen LogP contribution in [0.2, 0.25) is 25.7 Å². The molecule has 1 heterocycles. The highest BCUT2D eigenvalue weighted by Crippen LogP contribution is 2.08. The van der Waals surface area contributed by atoms with Gasteiger partial charge in [-0.25, -0.2) is 4.68 Å². The van der Waals surface area contributed by atoms with Crippen molar-refractivity contribution in [3.8, 4) is 5.75 Å². The molecule has 1 aromatic heterocycles. The molecule has 0 aliphatic carbocycles. The van der Waals surface area contributed by atoms with Gasteiger partial charge in [-0.3, -0.25) is 0 Å². The number of aromatic hydroxyl groups is 1. The maximum Gasteiger partial charge on any atom is 0.153 e. The van der Waals surface area contributed by atoms with Gasteiger partial charge in [0.1, 0.15) is 6.73 Å². The minimum Gasteiger partial charge on any atom is -0.505 e. The quantitative estimate of drug-likeness (QED) is 0.601. The van der Waals surface area contributed by atoms with E-state index in [9.17, 15) is 0 Å². The van der Waals surface area contributed by atoms with Crippen LogP contribution in [0.4, 0.5) is 0 Å². The first kappa shape index (κ1) is 11.3. The molecule has 14 heavy (non-hydrogen) atoms. The van der Waals surface area contributed by atoms with Gasteiger partial charge in [0.25, 0.3) is 0 Å². The number of hydrogen-bond donors (Lipinski definition) is 1. The van der Waals surface area contributed by atoms with Gasteiger partial charge in [0.15, 0.2) is 5.75 Å². The van der Waals surface area contributed by atoms with Gasteiger partial charge in [-0.1, -0.05) is 19.6 Å². The molecule has 80 valence electrons. The SMILES string of the molecule is C[Si](C)(C)CCOCn1cc(O)cn1. The molecule has 0 saturated carbocycles. The van der Waals surface area contributed by atoms with Crippen molar-refractivity contribution < 1.29 is 9.84 Å². The molecule has 0 atom stereocenters. The van der Waals surface area contributed by atoms with Crippen LogP contribution in [0.25, 0.3) is 0 Å². The minimum atomic E-state index is -0.994. The first-order valence-corrected chi connectivity index (χ1v) is 8.47. The van der Waals surface area contributed by atoms with E-state index in [1.54, 1.807) is 10.9 Å². The van der Waals surface area contributed by atoms with Gasteiger partial charge in [-0.15, -0.1) is 0 Å². The standard InChI is InChI=1S/C9H18N2O2Si/c1-14(2,3)5-4-13-8-11-7-9(12)6-10-11/h6-7,12H,4-5,8H2,1-3H3. The van der Waals surface area contributed by atoms with Crippen molar-refractivity contribution in [2.24, 2.45) is 0 Å². The highest BCUT2D eigenvalue weighted by Gasteiger charge is 2.11. The van der Waals surface area contributed by atoms with Crippen LogP contribution in [0, 0.1) is 0 Å². The van der Waals surface area contributed by atoms with Crippen LogP contribution in [-0.2, 0) is 11.5 Å². The number of rotatable bonds is 5. The molecule has 0 saturated heterocycles. The highest BCUT2D eigenvalue weighted by atomic mass is 28.3. The summed E-state index contributed by atoms with van der Waals surface area (Å²) in [6.07, 6.45) is 2.95. The number of ether oxygens (including phenoxy) is 1. The Morgan fingerprint density at radius 3 is 2.71 bits per heavy atom. The first-order chi connectivity index (χ1) is 6.47. The van der Waals surface area contributed by atoms with E-state index in [0.717, 1.165) is 12.7 Å². The molecule has 0 amide bonds. The van der Waals surface area contributed by atoms with Crippen molar-refractivity contribution in [1.29, 1.82) is 0 Å². The summed E-state index contributed by atoms with van der Waals surface area (Å²) < 4.78 is 7.02. The lowest BCUT2D eigenvalue weighted by molar-refractivity contribution is 0.0784. The fourth-order valence-corrected chi connectivity index (χ4v) is 1.72. The molecule has 0 fully saturated rings. The smallest absolute Gasteiger partial charge is 0.153 e. The van der Waals surface area contributed by atoms with E-state index in [1.165, 1.54) is 6.20 Å². The Labute approximate surface area is 85.5 Å². The first-order valence-electron chi connectivity index (χ1n) is 4.76. The average Bonchev–Trinajstić information content (AvgIpc) is 2.44. The molecular formula is C9H18N2O2Si. The zero-order valence-electron chi connectivity index (χ0n) is 9.03.